The van der Waals surface area contributed by atoms with Crippen molar-refractivity contribution in [3.63, 3.8) is 0 Å². The summed E-state index contributed by atoms with van der Waals surface area (Å²) in [4.78, 5) is 0.474. The normalized spacial score (nSPS) is 21.1. The van der Waals surface area contributed by atoms with Crippen LogP contribution in [0.15, 0.2) is 27.6 Å². The predicted octanol–water partition coefficient (Wildman–Crippen LogP) is 3.68. The lowest BCUT2D eigenvalue weighted by atomic mass is 9.85. The van der Waals surface area contributed by atoms with E-state index in [1.807, 2.05) is 6.07 Å². The largest absolute Gasteiger partial charge is 0.495 e. The second kappa shape index (κ2) is 6.03. The van der Waals surface area contributed by atoms with Gasteiger partial charge in [0.05, 0.1) is 21.7 Å². The van der Waals surface area contributed by atoms with Crippen LogP contribution in [0, 0.1) is 10.2 Å². The molecule has 20 heavy (non-hydrogen) atoms. The second-order valence-electron chi connectivity index (χ2n) is 5.54. The van der Waals surface area contributed by atoms with E-state index in [0.29, 0.717) is 29.6 Å². The van der Waals surface area contributed by atoms with Gasteiger partial charge in [-0.15, -0.1) is 0 Å². The molecule has 1 aliphatic rings. The second-order valence-corrected chi connectivity index (χ2v) is 8.53. The van der Waals surface area contributed by atoms with Crippen LogP contribution < -0.4 is 4.74 Å². The molecule has 2 rings (SSSR count). The maximum absolute atomic E-state index is 12.9. The Labute approximate surface area is 129 Å². The Bertz CT molecular complexity index is 580. The third kappa shape index (κ3) is 3.54. The molecule has 1 atom stereocenters. The number of rotatable bonds is 4. The van der Waals surface area contributed by atoms with Crippen LogP contribution in [0.5, 0.6) is 5.75 Å². The fourth-order valence-corrected chi connectivity index (χ4v) is 5.22. The van der Waals surface area contributed by atoms with E-state index in [4.69, 9.17) is 14.3 Å². The molecule has 1 saturated heterocycles. The molecule has 0 amide bonds. The van der Waals surface area contributed by atoms with Gasteiger partial charge < -0.3 is 9.47 Å². The molecule has 1 aromatic carbocycles. The first-order valence-electron chi connectivity index (χ1n) is 6.54. The fourth-order valence-electron chi connectivity index (χ4n) is 2.49. The van der Waals surface area contributed by atoms with Gasteiger partial charge in [0.25, 0.3) is 0 Å². The Hall–Kier alpha value is -0.590. The summed E-state index contributed by atoms with van der Waals surface area (Å²) in [7, 11) is -1.35. The van der Waals surface area contributed by atoms with Gasteiger partial charge in [0.15, 0.2) is 0 Å². The van der Waals surface area contributed by atoms with Crippen molar-refractivity contribution in [2.75, 3.05) is 26.1 Å². The molecule has 1 fully saturated rings. The molecule has 0 spiro atoms. The monoisotopic (exact) mass is 361 g/mol. The van der Waals surface area contributed by atoms with Crippen LogP contribution in [0.4, 0.5) is 0 Å². The van der Waals surface area contributed by atoms with Crippen LogP contribution in [0.1, 0.15) is 19.8 Å². The predicted molar refractivity (Wildman–Crippen MR) is 82.8 cm³/mol. The minimum Gasteiger partial charge on any atom is -0.495 e. The molecule has 1 aromatic rings. The van der Waals surface area contributed by atoms with Crippen molar-refractivity contribution in [3.8, 4) is 5.75 Å². The highest BCUT2D eigenvalue weighted by Gasteiger charge is 2.33. The summed E-state index contributed by atoms with van der Waals surface area (Å²) >= 11 is 3.37. The molecule has 0 radical (unpaired) electrons. The molecule has 1 N–H and O–H groups in total. The number of nitrogens with one attached hydrogen (secondary N) is 1. The van der Waals surface area contributed by atoms with E-state index < -0.39 is 9.73 Å². The van der Waals surface area contributed by atoms with E-state index in [-0.39, 0.29) is 5.41 Å². The van der Waals surface area contributed by atoms with Crippen molar-refractivity contribution >= 4 is 25.7 Å². The smallest absolute Gasteiger partial charge is 0.135 e. The highest BCUT2D eigenvalue weighted by molar-refractivity contribution is 9.10. The van der Waals surface area contributed by atoms with E-state index in [2.05, 4.69) is 22.9 Å². The van der Waals surface area contributed by atoms with Gasteiger partial charge >= 0.3 is 0 Å². The van der Waals surface area contributed by atoms with Crippen molar-refractivity contribution in [2.24, 2.45) is 5.41 Å². The zero-order chi connectivity index (χ0) is 14.8. The molecule has 0 bridgehead atoms. The molecule has 0 aromatic heterocycles. The Morgan fingerprint density at radius 2 is 2.10 bits per heavy atom. The highest BCUT2D eigenvalue weighted by atomic mass is 79.9. The summed E-state index contributed by atoms with van der Waals surface area (Å²) in [5.41, 5.74) is -0.107. The molecule has 4 nitrogen and oxygen atoms in total. The molecular weight excluding hydrogens is 342 g/mol. The molecule has 0 saturated carbocycles. The van der Waals surface area contributed by atoms with Gasteiger partial charge in [-0.25, -0.2) is 8.99 Å². The number of methoxy groups -OCH3 is 1. The van der Waals surface area contributed by atoms with E-state index >= 15 is 0 Å². The molecule has 6 heteroatoms. The number of hydrogen-bond donors (Lipinski definition) is 1. The summed E-state index contributed by atoms with van der Waals surface area (Å²) in [5, 5.41) is 0. The van der Waals surface area contributed by atoms with Crippen molar-refractivity contribution in [1.29, 1.82) is 4.78 Å². The molecule has 1 heterocycles. The summed E-state index contributed by atoms with van der Waals surface area (Å²) in [6.45, 7) is 3.46. The minimum atomic E-state index is -2.89. The molecule has 1 aliphatic heterocycles. The SMILES string of the molecule is COc1ccc(Br)cc1S(=N)(=O)CC1(C)CCOCC1. The average molecular weight is 362 g/mol. The fraction of sp³-hybridized carbons (Fsp3) is 0.571. The number of benzene rings is 1. The first-order valence-corrected chi connectivity index (χ1v) is 9.06. The first-order chi connectivity index (χ1) is 9.36. The lowest BCUT2D eigenvalue weighted by Gasteiger charge is -2.34. The van der Waals surface area contributed by atoms with Crippen molar-refractivity contribution in [2.45, 2.75) is 24.7 Å². The van der Waals surface area contributed by atoms with Gasteiger partial charge in [-0.1, -0.05) is 22.9 Å². The first kappa shape index (κ1) is 15.8. The summed E-state index contributed by atoms with van der Waals surface area (Å²) in [6, 6.07) is 5.31. The van der Waals surface area contributed by atoms with E-state index in [9.17, 15) is 4.21 Å². The number of ether oxygens (including phenoxy) is 2. The van der Waals surface area contributed by atoms with Crippen LogP contribution >= 0.6 is 15.9 Å². The van der Waals surface area contributed by atoms with Crippen LogP contribution in [0.3, 0.4) is 0 Å². The van der Waals surface area contributed by atoms with E-state index in [1.54, 1.807) is 19.2 Å². The van der Waals surface area contributed by atoms with E-state index in [1.165, 1.54) is 0 Å². The zero-order valence-corrected chi connectivity index (χ0v) is 14.2. The van der Waals surface area contributed by atoms with Gasteiger partial charge in [0, 0.05) is 23.4 Å². The third-order valence-corrected chi connectivity index (χ3v) is 6.36. The van der Waals surface area contributed by atoms with Gasteiger partial charge in [0.1, 0.15) is 5.75 Å². The van der Waals surface area contributed by atoms with Crippen molar-refractivity contribution in [1.82, 2.24) is 0 Å². The topological polar surface area (TPSA) is 59.4 Å². The van der Waals surface area contributed by atoms with Gasteiger partial charge in [-0.2, -0.15) is 0 Å². The summed E-state index contributed by atoms with van der Waals surface area (Å²) in [6.07, 6.45) is 1.69. The van der Waals surface area contributed by atoms with Crippen molar-refractivity contribution < 1.29 is 13.7 Å². The van der Waals surface area contributed by atoms with Crippen molar-refractivity contribution in [3.05, 3.63) is 22.7 Å². The quantitative estimate of drug-likeness (QED) is 0.889. The van der Waals surface area contributed by atoms with E-state index in [0.717, 1.165) is 17.3 Å². The lowest BCUT2D eigenvalue weighted by molar-refractivity contribution is 0.0343. The van der Waals surface area contributed by atoms with Gasteiger partial charge in [0.2, 0.25) is 0 Å². The minimum absolute atomic E-state index is 0.107. The van der Waals surface area contributed by atoms with Crippen LogP contribution in [-0.4, -0.2) is 30.3 Å². The maximum Gasteiger partial charge on any atom is 0.135 e. The van der Waals surface area contributed by atoms with Crippen LogP contribution in [0.2, 0.25) is 0 Å². The zero-order valence-electron chi connectivity index (χ0n) is 11.8. The Morgan fingerprint density at radius 1 is 1.45 bits per heavy atom. The van der Waals surface area contributed by atoms with Crippen LogP contribution in [0.25, 0.3) is 0 Å². The molecule has 0 aliphatic carbocycles. The van der Waals surface area contributed by atoms with Crippen LogP contribution in [-0.2, 0) is 14.5 Å². The standard InChI is InChI=1S/C14H20BrNO3S/c1-14(5-7-19-8-6-14)10-20(16,17)13-9-11(15)3-4-12(13)18-2/h3-4,9,16H,5-8,10H2,1-2H3. The third-order valence-electron chi connectivity index (χ3n) is 3.73. The molecule has 1 unspecified atom stereocenters. The summed E-state index contributed by atoms with van der Waals surface area (Å²) in [5.74, 6) is 0.861. The molecule has 112 valence electrons. The average Bonchev–Trinajstić information content (AvgIpc) is 2.38. The Balaban J connectivity index is 2.32. The lowest BCUT2D eigenvalue weighted by Crippen LogP contribution is -2.33. The Kier molecular flexibility index (Phi) is 4.76. The maximum atomic E-state index is 12.9. The van der Waals surface area contributed by atoms with Gasteiger partial charge in [-0.3, -0.25) is 0 Å². The highest BCUT2D eigenvalue weighted by Crippen LogP contribution is 2.36. The number of hydrogen-bond acceptors (Lipinski definition) is 4. The number of halogens is 1. The van der Waals surface area contributed by atoms with Gasteiger partial charge in [-0.05, 0) is 36.5 Å². The summed E-state index contributed by atoms with van der Waals surface area (Å²) < 4.78 is 32.7. The Morgan fingerprint density at radius 3 is 2.70 bits per heavy atom. The molecular formula is C14H20BrNO3S.